The number of rotatable bonds is 7. The number of carbonyl (C=O) groups is 1. The van der Waals surface area contributed by atoms with Gasteiger partial charge in [-0.25, -0.2) is 9.79 Å². The van der Waals surface area contributed by atoms with Gasteiger partial charge in [0.2, 0.25) is 0 Å². The maximum Gasteiger partial charge on any atom is 0.338 e. The summed E-state index contributed by atoms with van der Waals surface area (Å²) < 4.78 is 23.3. The molecular weight excluding hydrogens is 484 g/mol. The van der Waals surface area contributed by atoms with Gasteiger partial charge >= 0.3 is 5.97 Å². The standard InChI is InChI=1S/C26H26N2O7S/c1-6-35-25(31)22-14(2)27-26-28(23(22)17-9-8-16(32-3)13-19(17)33-4)24(30)21(36-26)12-15-7-10-18(29)20(11-15)34-5/h7-13,23,29H,6H2,1-5H3/b21-12+/t23-/m0/s1. The molecule has 1 aliphatic rings. The third-order valence-electron chi connectivity index (χ3n) is 5.75. The van der Waals surface area contributed by atoms with Gasteiger partial charge in [-0.05, 0) is 49.8 Å². The lowest BCUT2D eigenvalue weighted by atomic mass is 9.95. The molecule has 1 atom stereocenters. The number of phenolic OH excluding ortho intramolecular Hbond substituents is 1. The molecule has 0 spiro atoms. The van der Waals surface area contributed by atoms with Crippen molar-refractivity contribution in [2.24, 2.45) is 4.99 Å². The SMILES string of the molecule is CCOC(=O)C1=C(C)N=c2s/c(=C/c3ccc(O)c(OC)c3)c(=O)n2[C@H]1c1ccc(OC)cc1OC. The van der Waals surface area contributed by atoms with E-state index < -0.39 is 12.0 Å². The first-order valence-electron chi connectivity index (χ1n) is 11.1. The predicted octanol–water partition coefficient (Wildman–Crippen LogP) is 2.53. The fourth-order valence-electron chi connectivity index (χ4n) is 4.07. The van der Waals surface area contributed by atoms with E-state index in [1.165, 1.54) is 36.2 Å². The third kappa shape index (κ3) is 4.47. The Bertz CT molecular complexity index is 1530. The highest BCUT2D eigenvalue weighted by Gasteiger charge is 2.35. The summed E-state index contributed by atoms with van der Waals surface area (Å²) in [6.45, 7) is 3.62. The van der Waals surface area contributed by atoms with Crippen molar-refractivity contribution in [2.45, 2.75) is 19.9 Å². The van der Waals surface area contributed by atoms with Crippen molar-refractivity contribution in [3.63, 3.8) is 0 Å². The number of thiazole rings is 1. The summed E-state index contributed by atoms with van der Waals surface area (Å²) in [6.07, 6.45) is 1.69. The lowest BCUT2D eigenvalue weighted by Crippen LogP contribution is -2.40. The Labute approximate surface area is 211 Å². The Morgan fingerprint density at radius 3 is 2.53 bits per heavy atom. The number of allylic oxidation sites excluding steroid dienone is 1. The van der Waals surface area contributed by atoms with Crippen molar-refractivity contribution < 1.29 is 28.8 Å². The van der Waals surface area contributed by atoms with Gasteiger partial charge in [0.1, 0.15) is 17.5 Å². The quantitative estimate of drug-likeness (QED) is 0.487. The maximum absolute atomic E-state index is 13.7. The van der Waals surface area contributed by atoms with Gasteiger partial charge in [-0.15, -0.1) is 0 Å². The van der Waals surface area contributed by atoms with Gasteiger partial charge in [0.05, 0.1) is 43.7 Å². The largest absolute Gasteiger partial charge is 0.504 e. The first-order chi connectivity index (χ1) is 17.3. The van der Waals surface area contributed by atoms with E-state index in [0.29, 0.717) is 37.7 Å². The minimum Gasteiger partial charge on any atom is -0.504 e. The van der Waals surface area contributed by atoms with E-state index in [9.17, 15) is 14.7 Å². The van der Waals surface area contributed by atoms with Crippen LogP contribution in [0.5, 0.6) is 23.0 Å². The van der Waals surface area contributed by atoms with Crippen LogP contribution in [0.1, 0.15) is 31.0 Å². The van der Waals surface area contributed by atoms with Crippen LogP contribution in [-0.2, 0) is 9.53 Å². The lowest BCUT2D eigenvalue weighted by Gasteiger charge is -2.26. The van der Waals surface area contributed by atoms with Crippen molar-refractivity contribution in [1.82, 2.24) is 4.57 Å². The molecule has 4 rings (SSSR count). The number of carbonyl (C=O) groups excluding carboxylic acids is 1. The Morgan fingerprint density at radius 2 is 1.86 bits per heavy atom. The molecule has 188 valence electrons. The predicted molar refractivity (Wildman–Crippen MR) is 135 cm³/mol. The fraction of sp³-hybridized carbons (Fsp3) is 0.269. The summed E-state index contributed by atoms with van der Waals surface area (Å²) in [5.74, 6) is 0.755. The maximum atomic E-state index is 13.7. The number of hydrogen-bond acceptors (Lipinski definition) is 9. The second-order valence-corrected chi connectivity index (χ2v) is 8.85. The Balaban J connectivity index is 1.98. The van der Waals surface area contributed by atoms with Crippen LogP contribution < -0.4 is 29.1 Å². The summed E-state index contributed by atoms with van der Waals surface area (Å²) in [5.41, 5.74) is 1.63. The van der Waals surface area contributed by atoms with E-state index in [-0.39, 0.29) is 29.2 Å². The number of fused-ring (bicyclic) bond motifs is 1. The number of methoxy groups -OCH3 is 3. The minimum atomic E-state index is -0.822. The summed E-state index contributed by atoms with van der Waals surface area (Å²) in [5, 5.41) is 9.90. The Hall–Kier alpha value is -4.05. The van der Waals surface area contributed by atoms with Crippen molar-refractivity contribution in [3.05, 3.63) is 78.5 Å². The van der Waals surface area contributed by atoms with Gasteiger partial charge in [0.25, 0.3) is 5.56 Å². The molecule has 0 bridgehead atoms. The van der Waals surface area contributed by atoms with Gasteiger partial charge < -0.3 is 24.1 Å². The zero-order valence-corrected chi connectivity index (χ0v) is 21.3. The van der Waals surface area contributed by atoms with E-state index in [2.05, 4.69) is 4.99 Å². The van der Waals surface area contributed by atoms with Crippen LogP contribution in [0.3, 0.4) is 0 Å². The molecule has 36 heavy (non-hydrogen) atoms. The van der Waals surface area contributed by atoms with Crippen molar-refractivity contribution >= 4 is 23.4 Å². The molecule has 1 aromatic heterocycles. The van der Waals surface area contributed by atoms with Gasteiger partial charge in [0.15, 0.2) is 16.3 Å². The molecule has 0 amide bonds. The molecule has 0 radical (unpaired) electrons. The van der Waals surface area contributed by atoms with Crippen LogP contribution in [0.2, 0.25) is 0 Å². The van der Waals surface area contributed by atoms with Gasteiger partial charge in [-0.1, -0.05) is 17.4 Å². The zero-order chi connectivity index (χ0) is 26.0. The highest BCUT2D eigenvalue weighted by Crippen LogP contribution is 2.37. The molecular formula is C26H26N2O7S. The monoisotopic (exact) mass is 510 g/mol. The molecule has 1 N–H and O–H groups in total. The van der Waals surface area contributed by atoms with Crippen molar-refractivity contribution in [1.29, 1.82) is 0 Å². The zero-order valence-electron chi connectivity index (χ0n) is 20.5. The summed E-state index contributed by atoms with van der Waals surface area (Å²) in [7, 11) is 4.51. The normalized spacial score (nSPS) is 15.2. The van der Waals surface area contributed by atoms with Crippen molar-refractivity contribution in [2.75, 3.05) is 27.9 Å². The smallest absolute Gasteiger partial charge is 0.338 e. The van der Waals surface area contributed by atoms with Crippen LogP contribution in [0.15, 0.2) is 57.5 Å². The van der Waals surface area contributed by atoms with Crippen molar-refractivity contribution in [3.8, 4) is 23.0 Å². The number of phenols is 1. The number of esters is 1. The molecule has 1 aliphatic heterocycles. The third-order valence-corrected chi connectivity index (χ3v) is 6.74. The highest BCUT2D eigenvalue weighted by atomic mass is 32.1. The fourth-order valence-corrected chi connectivity index (χ4v) is 5.11. The number of hydrogen-bond donors (Lipinski definition) is 1. The van der Waals surface area contributed by atoms with E-state index in [1.54, 1.807) is 57.4 Å². The second-order valence-electron chi connectivity index (χ2n) is 7.84. The first kappa shape index (κ1) is 25.1. The number of aromatic nitrogens is 1. The van der Waals surface area contributed by atoms with E-state index >= 15 is 0 Å². The first-order valence-corrected chi connectivity index (χ1v) is 11.9. The van der Waals surface area contributed by atoms with Crippen LogP contribution in [-0.4, -0.2) is 43.6 Å². The molecule has 0 saturated carbocycles. The Morgan fingerprint density at radius 1 is 1.11 bits per heavy atom. The summed E-state index contributed by atoms with van der Waals surface area (Å²) in [6, 6.07) is 9.19. The lowest BCUT2D eigenvalue weighted by molar-refractivity contribution is -0.139. The molecule has 9 nitrogen and oxygen atoms in total. The average molecular weight is 511 g/mol. The van der Waals surface area contributed by atoms with Gasteiger partial charge in [0, 0.05) is 11.6 Å². The average Bonchev–Trinajstić information content (AvgIpc) is 3.18. The molecule has 0 aliphatic carbocycles. The van der Waals surface area contributed by atoms with Crippen LogP contribution in [0, 0.1) is 0 Å². The van der Waals surface area contributed by atoms with Crippen LogP contribution >= 0.6 is 11.3 Å². The number of nitrogens with zero attached hydrogens (tertiary/aromatic N) is 2. The second kappa shape index (κ2) is 10.3. The molecule has 10 heteroatoms. The van der Waals surface area contributed by atoms with Crippen LogP contribution in [0.4, 0.5) is 0 Å². The number of benzene rings is 2. The molecule has 2 aromatic carbocycles. The molecule has 0 saturated heterocycles. The van der Waals surface area contributed by atoms with Crippen LogP contribution in [0.25, 0.3) is 6.08 Å². The minimum absolute atomic E-state index is 0.00239. The topological polar surface area (TPSA) is 109 Å². The number of aromatic hydroxyl groups is 1. The number of ether oxygens (including phenoxy) is 4. The Kier molecular flexibility index (Phi) is 7.16. The highest BCUT2D eigenvalue weighted by molar-refractivity contribution is 7.07. The van der Waals surface area contributed by atoms with E-state index in [1.807, 2.05) is 0 Å². The molecule has 0 fully saturated rings. The van der Waals surface area contributed by atoms with E-state index in [4.69, 9.17) is 18.9 Å². The van der Waals surface area contributed by atoms with E-state index in [0.717, 1.165) is 0 Å². The molecule has 3 aromatic rings. The van der Waals surface area contributed by atoms with Gasteiger partial charge in [-0.2, -0.15) is 0 Å². The molecule has 2 heterocycles. The van der Waals surface area contributed by atoms with Gasteiger partial charge in [-0.3, -0.25) is 9.36 Å². The summed E-state index contributed by atoms with van der Waals surface area (Å²) >= 11 is 1.20. The summed E-state index contributed by atoms with van der Waals surface area (Å²) in [4.78, 5) is 31.8. The molecule has 0 unspecified atom stereocenters.